The van der Waals surface area contributed by atoms with Gasteiger partial charge in [0, 0.05) is 12.2 Å². The summed E-state index contributed by atoms with van der Waals surface area (Å²) < 4.78 is 41.9. The molecule has 0 fully saturated rings. The highest BCUT2D eigenvalue weighted by atomic mass is 32.3. The van der Waals surface area contributed by atoms with Gasteiger partial charge in [-0.15, -0.1) is 0 Å². The van der Waals surface area contributed by atoms with Crippen LogP contribution in [0.1, 0.15) is 142 Å². The maximum absolute atomic E-state index is 11.7. The fourth-order valence-electron chi connectivity index (χ4n) is 3.76. The molecule has 0 amide bonds. The van der Waals surface area contributed by atoms with Gasteiger partial charge in [-0.3, -0.25) is 9.11 Å². The molecular formula is C28H54O8S. The summed E-state index contributed by atoms with van der Waals surface area (Å²) in [6.07, 6.45) is 27.3. The van der Waals surface area contributed by atoms with Gasteiger partial charge in [-0.1, -0.05) is 129 Å². The summed E-state index contributed by atoms with van der Waals surface area (Å²) in [6.45, 7) is 5.34. The Morgan fingerprint density at radius 2 is 0.730 bits per heavy atom. The van der Waals surface area contributed by atoms with Crippen LogP contribution in [0.3, 0.4) is 0 Å². The highest BCUT2D eigenvalue weighted by molar-refractivity contribution is 7.79. The Labute approximate surface area is 226 Å². The number of carbonyl (C=O) groups is 2. The molecule has 0 bridgehead atoms. The van der Waals surface area contributed by atoms with Crippen molar-refractivity contribution in [3.8, 4) is 0 Å². The van der Waals surface area contributed by atoms with Crippen LogP contribution >= 0.6 is 0 Å². The van der Waals surface area contributed by atoms with Gasteiger partial charge in [-0.25, -0.2) is 9.59 Å². The second-order valence-electron chi connectivity index (χ2n) is 9.48. The van der Waals surface area contributed by atoms with Crippen molar-refractivity contribution in [2.24, 2.45) is 0 Å². The van der Waals surface area contributed by atoms with E-state index >= 15 is 0 Å². The van der Waals surface area contributed by atoms with E-state index in [2.05, 4.69) is 13.8 Å². The average molecular weight is 551 g/mol. The predicted octanol–water partition coefficient (Wildman–Crippen LogP) is 7.82. The van der Waals surface area contributed by atoms with Gasteiger partial charge >= 0.3 is 22.3 Å². The van der Waals surface area contributed by atoms with E-state index in [1.807, 2.05) is 0 Å². The Morgan fingerprint density at radius 3 is 0.973 bits per heavy atom. The van der Waals surface area contributed by atoms with E-state index in [4.69, 9.17) is 27.0 Å². The van der Waals surface area contributed by atoms with Crippen molar-refractivity contribution in [1.82, 2.24) is 0 Å². The second kappa shape index (κ2) is 29.1. The zero-order valence-corrected chi connectivity index (χ0v) is 24.3. The van der Waals surface area contributed by atoms with Crippen LogP contribution in [0.25, 0.3) is 0 Å². The average Bonchev–Trinajstić information content (AvgIpc) is 2.83. The van der Waals surface area contributed by atoms with Crippen molar-refractivity contribution >= 4 is 22.3 Å². The van der Waals surface area contributed by atoms with Crippen molar-refractivity contribution in [3.63, 3.8) is 0 Å². The summed E-state index contributed by atoms with van der Waals surface area (Å²) in [5.41, 5.74) is 0. The fourth-order valence-corrected chi connectivity index (χ4v) is 3.76. The summed E-state index contributed by atoms with van der Waals surface area (Å²) in [4.78, 5) is 23.3. The molecule has 0 aliphatic rings. The van der Waals surface area contributed by atoms with Crippen molar-refractivity contribution in [3.05, 3.63) is 12.2 Å². The van der Waals surface area contributed by atoms with E-state index in [0.29, 0.717) is 13.2 Å². The van der Waals surface area contributed by atoms with Gasteiger partial charge in [-0.05, 0) is 12.8 Å². The molecule has 0 aliphatic heterocycles. The normalized spacial score (nSPS) is 11.2. The molecule has 0 atom stereocenters. The van der Waals surface area contributed by atoms with Crippen LogP contribution in [0.4, 0.5) is 0 Å². The maximum Gasteiger partial charge on any atom is 0.394 e. The van der Waals surface area contributed by atoms with Gasteiger partial charge in [0.05, 0.1) is 13.2 Å². The van der Waals surface area contributed by atoms with Crippen LogP contribution < -0.4 is 0 Å². The summed E-state index contributed by atoms with van der Waals surface area (Å²) in [5, 5.41) is 0. The first-order chi connectivity index (χ1) is 17.7. The minimum atomic E-state index is -4.67. The highest BCUT2D eigenvalue weighted by Gasteiger charge is 2.02. The van der Waals surface area contributed by atoms with Crippen molar-refractivity contribution in [1.29, 1.82) is 0 Å². The molecule has 0 radical (unpaired) electrons. The minimum Gasteiger partial charge on any atom is -0.463 e. The molecule has 37 heavy (non-hydrogen) atoms. The quantitative estimate of drug-likeness (QED) is 0.0539. The monoisotopic (exact) mass is 550 g/mol. The van der Waals surface area contributed by atoms with E-state index in [1.54, 1.807) is 0 Å². The molecule has 0 heterocycles. The number of esters is 2. The fraction of sp³-hybridized carbons (Fsp3) is 0.857. The standard InChI is InChI=1S/C28H52O4.H2O4S/c1-3-5-7-9-11-13-15-17-19-21-25-31-27(29)23-24-28(30)32-26-22-20-18-16-14-12-10-8-6-4-2;1-5(2,3)4/h23-24H,3-22,25-26H2,1-2H3;(H2,1,2,3,4)/b24-23-;. The molecule has 9 heteroatoms. The number of carbonyl (C=O) groups excluding carboxylic acids is 2. The number of hydrogen-bond donors (Lipinski definition) is 2. The molecule has 0 spiro atoms. The molecule has 0 aromatic rings. The van der Waals surface area contributed by atoms with E-state index in [9.17, 15) is 9.59 Å². The summed E-state index contributed by atoms with van der Waals surface area (Å²) in [6, 6.07) is 0. The van der Waals surface area contributed by atoms with Crippen LogP contribution in [-0.2, 0) is 29.5 Å². The number of rotatable bonds is 24. The minimum absolute atomic E-state index is 0.424. The van der Waals surface area contributed by atoms with E-state index < -0.39 is 22.3 Å². The molecule has 2 N–H and O–H groups in total. The molecule has 0 rings (SSSR count). The first-order valence-corrected chi connectivity index (χ1v) is 15.8. The Bertz CT molecular complexity index is 599. The van der Waals surface area contributed by atoms with Crippen molar-refractivity contribution in [2.45, 2.75) is 142 Å². The van der Waals surface area contributed by atoms with Gasteiger partial charge in [0.1, 0.15) is 0 Å². The Hall–Kier alpha value is -1.45. The van der Waals surface area contributed by atoms with E-state index in [0.717, 1.165) is 25.7 Å². The molecule has 0 saturated heterocycles. The molecular weight excluding hydrogens is 496 g/mol. The largest absolute Gasteiger partial charge is 0.463 e. The summed E-state index contributed by atoms with van der Waals surface area (Å²) in [5.74, 6) is -0.923. The lowest BCUT2D eigenvalue weighted by atomic mass is 10.1. The lowest BCUT2D eigenvalue weighted by Crippen LogP contribution is -2.06. The van der Waals surface area contributed by atoms with Gasteiger partial charge in [0.25, 0.3) is 0 Å². The van der Waals surface area contributed by atoms with Gasteiger partial charge in [0.2, 0.25) is 0 Å². The van der Waals surface area contributed by atoms with Crippen LogP contribution in [-0.4, -0.2) is 42.7 Å². The van der Waals surface area contributed by atoms with Gasteiger partial charge < -0.3 is 9.47 Å². The smallest absolute Gasteiger partial charge is 0.394 e. The Kier molecular flexibility index (Phi) is 29.7. The number of hydrogen-bond acceptors (Lipinski definition) is 6. The molecule has 8 nitrogen and oxygen atoms in total. The predicted molar refractivity (Wildman–Crippen MR) is 149 cm³/mol. The molecule has 0 saturated carbocycles. The number of unbranched alkanes of at least 4 members (excludes halogenated alkanes) is 18. The van der Waals surface area contributed by atoms with Crippen molar-refractivity contribution in [2.75, 3.05) is 13.2 Å². The third kappa shape index (κ3) is 41.9. The van der Waals surface area contributed by atoms with Crippen LogP contribution in [0.2, 0.25) is 0 Å². The third-order valence-electron chi connectivity index (χ3n) is 5.84. The van der Waals surface area contributed by atoms with Crippen LogP contribution in [0.15, 0.2) is 12.2 Å². The Morgan fingerprint density at radius 1 is 0.514 bits per heavy atom. The third-order valence-corrected chi connectivity index (χ3v) is 5.84. The second-order valence-corrected chi connectivity index (χ2v) is 10.4. The molecule has 0 unspecified atom stereocenters. The topological polar surface area (TPSA) is 127 Å². The van der Waals surface area contributed by atoms with Crippen molar-refractivity contribution < 1.29 is 36.6 Å². The van der Waals surface area contributed by atoms with Gasteiger partial charge in [0.15, 0.2) is 0 Å². The molecule has 0 aromatic heterocycles. The first-order valence-electron chi connectivity index (χ1n) is 14.4. The molecule has 0 aromatic carbocycles. The zero-order valence-electron chi connectivity index (χ0n) is 23.5. The van der Waals surface area contributed by atoms with Crippen LogP contribution in [0, 0.1) is 0 Å². The Balaban J connectivity index is 0. The molecule has 220 valence electrons. The lowest BCUT2D eigenvalue weighted by molar-refractivity contribution is -0.140. The lowest BCUT2D eigenvalue weighted by Gasteiger charge is -2.04. The highest BCUT2D eigenvalue weighted by Crippen LogP contribution is 2.11. The SMILES string of the molecule is CCCCCCCCCCCCOC(=O)/C=C\C(=O)OCCCCCCCCCCCC.O=S(=O)(O)O. The van der Waals surface area contributed by atoms with E-state index in [1.165, 1.54) is 115 Å². The number of ether oxygens (including phenoxy) is 2. The zero-order chi connectivity index (χ0) is 28.0. The van der Waals surface area contributed by atoms with E-state index in [-0.39, 0.29) is 0 Å². The van der Waals surface area contributed by atoms with Crippen LogP contribution in [0.5, 0.6) is 0 Å². The molecule has 0 aliphatic carbocycles. The maximum atomic E-state index is 11.7. The summed E-state index contributed by atoms with van der Waals surface area (Å²) in [7, 11) is -4.67. The first kappa shape index (κ1) is 37.7. The summed E-state index contributed by atoms with van der Waals surface area (Å²) >= 11 is 0. The van der Waals surface area contributed by atoms with Gasteiger partial charge in [-0.2, -0.15) is 8.42 Å².